The molecule has 5 nitrogen and oxygen atoms in total. The normalized spacial score (nSPS) is 16.7. The minimum absolute atomic E-state index is 0.158. The zero-order valence-corrected chi connectivity index (χ0v) is 12.5. The van der Waals surface area contributed by atoms with Crippen molar-refractivity contribution in [2.75, 3.05) is 25.2 Å². The van der Waals surface area contributed by atoms with E-state index in [1.165, 1.54) is 24.2 Å². The van der Waals surface area contributed by atoms with Crippen LogP contribution in [0.3, 0.4) is 0 Å². The van der Waals surface area contributed by atoms with E-state index in [0.717, 1.165) is 25.3 Å². The quantitative estimate of drug-likeness (QED) is 0.806. The number of aryl methyl sites for hydroxylation is 2. The Kier molecular flexibility index (Phi) is 4.47. The first-order valence-electron chi connectivity index (χ1n) is 7.08. The zero-order valence-electron chi connectivity index (χ0n) is 12.5. The highest BCUT2D eigenvalue weighted by Gasteiger charge is 2.32. The topological polar surface area (TPSA) is 56.3 Å². The molecule has 0 aromatic carbocycles. The smallest absolute Gasteiger partial charge is 0.130 e. The third-order valence-corrected chi connectivity index (χ3v) is 3.64. The molecular formula is C14H26N4O. The lowest BCUT2D eigenvalue weighted by atomic mass is 10.1. The summed E-state index contributed by atoms with van der Waals surface area (Å²) in [6.07, 6.45) is 3.42. The molecule has 1 aromatic heterocycles. The molecule has 1 aliphatic carbocycles. The summed E-state index contributed by atoms with van der Waals surface area (Å²) in [5.41, 5.74) is 8.37. The number of rotatable bonds is 7. The van der Waals surface area contributed by atoms with E-state index in [1.54, 1.807) is 7.11 Å². The Bertz CT molecular complexity index is 423. The van der Waals surface area contributed by atoms with Crippen LogP contribution in [0.4, 0.5) is 5.82 Å². The minimum atomic E-state index is 0.158. The summed E-state index contributed by atoms with van der Waals surface area (Å²) in [6, 6.07) is 0.807. The maximum absolute atomic E-state index is 5.98. The van der Waals surface area contributed by atoms with Gasteiger partial charge in [-0.3, -0.25) is 4.68 Å². The lowest BCUT2D eigenvalue weighted by molar-refractivity contribution is 0.204. The molecule has 0 aliphatic heterocycles. The van der Waals surface area contributed by atoms with Gasteiger partial charge in [0.1, 0.15) is 5.82 Å². The van der Waals surface area contributed by atoms with Crippen molar-refractivity contribution in [1.82, 2.24) is 9.78 Å². The molecule has 1 aromatic rings. The Labute approximate surface area is 115 Å². The molecule has 5 heteroatoms. The van der Waals surface area contributed by atoms with Crippen molar-refractivity contribution in [2.45, 2.75) is 45.2 Å². The van der Waals surface area contributed by atoms with Crippen LogP contribution in [-0.4, -0.2) is 42.1 Å². The Morgan fingerprint density at radius 3 is 2.74 bits per heavy atom. The Morgan fingerprint density at radius 1 is 1.53 bits per heavy atom. The average Bonchev–Trinajstić information content (AvgIpc) is 3.11. The van der Waals surface area contributed by atoms with Gasteiger partial charge < -0.3 is 15.4 Å². The largest absolute Gasteiger partial charge is 0.383 e. The number of hydrogen-bond acceptors (Lipinski definition) is 4. The number of nitrogens with two attached hydrogens (primary N) is 1. The second kappa shape index (κ2) is 5.92. The molecular weight excluding hydrogens is 240 g/mol. The predicted octanol–water partition coefficient (Wildman–Crippen LogP) is 1.23. The van der Waals surface area contributed by atoms with Crippen molar-refractivity contribution in [2.24, 2.45) is 12.8 Å². The minimum Gasteiger partial charge on any atom is -0.383 e. The average molecular weight is 266 g/mol. The van der Waals surface area contributed by atoms with E-state index in [9.17, 15) is 0 Å². The molecule has 1 aliphatic rings. The van der Waals surface area contributed by atoms with Crippen LogP contribution in [0.15, 0.2) is 0 Å². The molecule has 0 bridgehead atoms. The monoisotopic (exact) mass is 266 g/mol. The Balaban J connectivity index is 2.29. The van der Waals surface area contributed by atoms with E-state index >= 15 is 0 Å². The summed E-state index contributed by atoms with van der Waals surface area (Å²) in [5.74, 6) is 1.23. The molecule has 1 atom stereocenters. The lowest BCUT2D eigenvalue weighted by Crippen LogP contribution is -2.32. The Morgan fingerprint density at radius 2 is 2.21 bits per heavy atom. The van der Waals surface area contributed by atoms with Gasteiger partial charge in [0.15, 0.2) is 0 Å². The molecule has 1 unspecified atom stereocenters. The van der Waals surface area contributed by atoms with Crippen molar-refractivity contribution in [3.63, 3.8) is 0 Å². The van der Waals surface area contributed by atoms with Gasteiger partial charge in [-0.15, -0.1) is 0 Å². The Hall–Kier alpha value is -1.07. The number of nitrogens with zero attached hydrogens (tertiary/aromatic N) is 3. The molecule has 2 rings (SSSR count). The highest BCUT2D eigenvalue weighted by molar-refractivity contribution is 5.52. The van der Waals surface area contributed by atoms with E-state index in [-0.39, 0.29) is 6.04 Å². The zero-order chi connectivity index (χ0) is 14.0. The lowest BCUT2D eigenvalue weighted by Gasteiger charge is -2.26. The first-order chi connectivity index (χ1) is 9.04. The summed E-state index contributed by atoms with van der Waals surface area (Å²) < 4.78 is 7.24. The number of methoxy groups -OCH3 is 1. The van der Waals surface area contributed by atoms with E-state index in [0.29, 0.717) is 6.04 Å². The first-order valence-corrected chi connectivity index (χ1v) is 7.08. The van der Waals surface area contributed by atoms with E-state index in [2.05, 4.69) is 16.9 Å². The van der Waals surface area contributed by atoms with E-state index < -0.39 is 0 Å². The van der Waals surface area contributed by atoms with Gasteiger partial charge in [0.05, 0.1) is 12.3 Å². The van der Waals surface area contributed by atoms with Gasteiger partial charge in [-0.25, -0.2) is 0 Å². The van der Waals surface area contributed by atoms with E-state index in [1.807, 2.05) is 18.7 Å². The van der Waals surface area contributed by atoms with Gasteiger partial charge in [-0.2, -0.15) is 5.10 Å². The number of ether oxygens (including phenoxy) is 1. The molecule has 1 saturated carbocycles. The molecule has 0 radical (unpaired) electrons. The predicted molar refractivity (Wildman–Crippen MR) is 77.5 cm³/mol. The highest BCUT2D eigenvalue weighted by Crippen LogP contribution is 2.34. The highest BCUT2D eigenvalue weighted by atomic mass is 16.5. The van der Waals surface area contributed by atoms with Crippen LogP contribution in [0.1, 0.15) is 31.0 Å². The third-order valence-electron chi connectivity index (χ3n) is 3.64. The number of anilines is 1. The molecule has 2 N–H and O–H groups in total. The fourth-order valence-electron chi connectivity index (χ4n) is 2.65. The maximum atomic E-state index is 5.98. The summed E-state index contributed by atoms with van der Waals surface area (Å²) >= 11 is 0. The molecule has 108 valence electrons. The van der Waals surface area contributed by atoms with Crippen LogP contribution in [0.5, 0.6) is 0 Å². The summed E-state index contributed by atoms with van der Waals surface area (Å²) in [6.45, 7) is 5.79. The standard InChI is InChI=1S/C14H26N4O/c1-10(15)9-13-11(2)16-17(3)14(13)18(7-8-19-4)12-5-6-12/h10,12H,5-9,15H2,1-4H3. The van der Waals surface area contributed by atoms with Crippen molar-refractivity contribution in [3.05, 3.63) is 11.3 Å². The SMILES string of the molecule is COCCN(c1c(CC(C)N)c(C)nn1C)C1CC1. The summed E-state index contributed by atoms with van der Waals surface area (Å²) in [7, 11) is 3.78. The fourth-order valence-corrected chi connectivity index (χ4v) is 2.65. The van der Waals surface area contributed by atoms with Crippen LogP contribution < -0.4 is 10.6 Å². The van der Waals surface area contributed by atoms with Gasteiger partial charge in [0.25, 0.3) is 0 Å². The number of hydrogen-bond donors (Lipinski definition) is 1. The molecule has 0 spiro atoms. The van der Waals surface area contributed by atoms with Gasteiger partial charge in [0.2, 0.25) is 0 Å². The van der Waals surface area contributed by atoms with Crippen molar-refractivity contribution < 1.29 is 4.74 Å². The van der Waals surface area contributed by atoms with Gasteiger partial charge >= 0.3 is 0 Å². The number of aromatic nitrogens is 2. The van der Waals surface area contributed by atoms with Crippen molar-refractivity contribution in [3.8, 4) is 0 Å². The molecule has 0 amide bonds. The summed E-state index contributed by atoms with van der Waals surface area (Å²) in [4.78, 5) is 2.45. The van der Waals surface area contributed by atoms with Crippen LogP contribution in [0, 0.1) is 6.92 Å². The van der Waals surface area contributed by atoms with Gasteiger partial charge in [-0.1, -0.05) is 0 Å². The third kappa shape index (κ3) is 3.28. The van der Waals surface area contributed by atoms with Gasteiger partial charge in [0, 0.05) is 38.3 Å². The second-order valence-electron chi connectivity index (χ2n) is 5.61. The van der Waals surface area contributed by atoms with Crippen LogP contribution in [0.2, 0.25) is 0 Å². The molecule has 0 saturated heterocycles. The molecule has 1 fully saturated rings. The van der Waals surface area contributed by atoms with Crippen LogP contribution >= 0.6 is 0 Å². The van der Waals surface area contributed by atoms with Gasteiger partial charge in [-0.05, 0) is 33.1 Å². The molecule has 1 heterocycles. The summed E-state index contributed by atoms with van der Waals surface area (Å²) in [5, 5.41) is 4.58. The van der Waals surface area contributed by atoms with Crippen molar-refractivity contribution >= 4 is 5.82 Å². The maximum Gasteiger partial charge on any atom is 0.130 e. The van der Waals surface area contributed by atoms with Crippen LogP contribution in [-0.2, 0) is 18.2 Å². The second-order valence-corrected chi connectivity index (χ2v) is 5.61. The van der Waals surface area contributed by atoms with Crippen molar-refractivity contribution in [1.29, 1.82) is 0 Å². The van der Waals surface area contributed by atoms with E-state index in [4.69, 9.17) is 10.5 Å². The van der Waals surface area contributed by atoms with Crippen LogP contribution in [0.25, 0.3) is 0 Å². The fraction of sp³-hybridized carbons (Fsp3) is 0.786. The first kappa shape index (κ1) is 14.3. The molecule has 19 heavy (non-hydrogen) atoms.